The molecule has 168 valence electrons. The van der Waals surface area contributed by atoms with E-state index in [1.807, 2.05) is 47.0 Å². The maximum absolute atomic E-state index is 12.7. The van der Waals surface area contributed by atoms with Crippen molar-refractivity contribution in [1.29, 1.82) is 0 Å². The zero-order valence-corrected chi connectivity index (χ0v) is 19.0. The first-order valence-corrected chi connectivity index (χ1v) is 11.4. The summed E-state index contributed by atoms with van der Waals surface area (Å²) in [5.41, 5.74) is 5.23. The molecule has 3 heterocycles. The van der Waals surface area contributed by atoms with E-state index in [0.717, 1.165) is 59.9 Å². The number of carbonyl (C=O) groups is 1. The maximum atomic E-state index is 12.7. The highest BCUT2D eigenvalue weighted by Crippen LogP contribution is 2.25. The van der Waals surface area contributed by atoms with Crippen LogP contribution in [0.4, 0.5) is 5.82 Å². The van der Waals surface area contributed by atoms with Crippen molar-refractivity contribution in [1.82, 2.24) is 25.1 Å². The summed E-state index contributed by atoms with van der Waals surface area (Å²) in [6.07, 6.45) is 1.62. The van der Waals surface area contributed by atoms with E-state index >= 15 is 0 Å². The molecule has 0 aliphatic carbocycles. The van der Waals surface area contributed by atoms with Gasteiger partial charge in [0.05, 0.1) is 0 Å². The van der Waals surface area contributed by atoms with Crippen LogP contribution >= 0.6 is 0 Å². The van der Waals surface area contributed by atoms with Crippen molar-refractivity contribution in [2.24, 2.45) is 5.92 Å². The highest BCUT2D eigenvalue weighted by molar-refractivity contribution is 5.79. The van der Waals surface area contributed by atoms with Gasteiger partial charge in [0.1, 0.15) is 5.82 Å². The van der Waals surface area contributed by atoms with Gasteiger partial charge < -0.3 is 10.2 Å². The van der Waals surface area contributed by atoms with Crippen molar-refractivity contribution in [3.05, 3.63) is 77.4 Å². The van der Waals surface area contributed by atoms with Gasteiger partial charge in [0.15, 0.2) is 11.5 Å². The van der Waals surface area contributed by atoms with Gasteiger partial charge in [-0.2, -0.15) is 4.52 Å². The molecule has 1 N–H and O–H groups in total. The SMILES string of the molecule is Cc1cccc(CNC(=O)C2CCN(c3ccc4nnc(-c5ccccc5C)n4n3)CC2)c1. The van der Waals surface area contributed by atoms with Crippen molar-refractivity contribution in [3.63, 3.8) is 0 Å². The molecule has 33 heavy (non-hydrogen) atoms. The van der Waals surface area contributed by atoms with E-state index in [1.165, 1.54) is 5.56 Å². The summed E-state index contributed by atoms with van der Waals surface area (Å²) in [4.78, 5) is 14.9. The molecular weight excluding hydrogens is 412 g/mol. The van der Waals surface area contributed by atoms with Crippen LogP contribution < -0.4 is 10.2 Å². The molecule has 0 radical (unpaired) electrons. The Bertz CT molecular complexity index is 1290. The van der Waals surface area contributed by atoms with Crippen LogP contribution in [0, 0.1) is 19.8 Å². The summed E-state index contributed by atoms with van der Waals surface area (Å²) in [5, 5.41) is 16.6. The number of anilines is 1. The predicted molar refractivity (Wildman–Crippen MR) is 129 cm³/mol. The molecule has 1 amide bonds. The van der Waals surface area contributed by atoms with Crippen LogP contribution in [0.15, 0.2) is 60.7 Å². The predicted octanol–water partition coefficient (Wildman–Crippen LogP) is 3.94. The van der Waals surface area contributed by atoms with Gasteiger partial charge in [-0.15, -0.1) is 15.3 Å². The molecule has 0 atom stereocenters. The average Bonchev–Trinajstić information content (AvgIpc) is 3.26. The summed E-state index contributed by atoms with van der Waals surface area (Å²) in [6, 6.07) is 20.3. The fraction of sp³-hybridized carbons (Fsp3) is 0.308. The molecule has 1 fully saturated rings. The molecule has 1 aliphatic rings. The number of aryl methyl sites for hydroxylation is 2. The molecule has 2 aromatic carbocycles. The quantitative estimate of drug-likeness (QED) is 0.509. The smallest absolute Gasteiger partial charge is 0.223 e. The molecule has 4 aromatic rings. The first-order valence-electron chi connectivity index (χ1n) is 11.4. The number of hydrogen-bond acceptors (Lipinski definition) is 5. The third kappa shape index (κ3) is 4.44. The van der Waals surface area contributed by atoms with Gasteiger partial charge in [-0.25, -0.2) is 0 Å². The Morgan fingerprint density at radius 1 is 1.00 bits per heavy atom. The summed E-state index contributed by atoms with van der Waals surface area (Å²) < 4.78 is 1.82. The molecule has 0 bridgehead atoms. The second kappa shape index (κ2) is 9.02. The lowest BCUT2D eigenvalue weighted by atomic mass is 9.96. The standard InChI is InChI=1S/C26H28N6O/c1-18-6-5-8-20(16-18)17-27-26(33)21-12-14-31(15-13-21)24-11-10-23-28-29-25(32(23)30-24)22-9-4-3-7-19(22)2/h3-11,16,21H,12-15,17H2,1-2H3,(H,27,33). The largest absolute Gasteiger partial charge is 0.355 e. The lowest BCUT2D eigenvalue weighted by Gasteiger charge is -2.32. The van der Waals surface area contributed by atoms with E-state index in [0.29, 0.717) is 6.54 Å². The van der Waals surface area contributed by atoms with Gasteiger partial charge in [-0.3, -0.25) is 4.79 Å². The first kappa shape index (κ1) is 21.1. The molecule has 0 saturated carbocycles. The summed E-state index contributed by atoms with van der Waals surface area (Å²) in [6.45, 7) is 6.30. The number of nitrogens with one attached hydrogen (secondary N) is 1. The lowest BCUT2D eigenvalue weighted by molar-refractivity contribution is -0.125. The van der Waals surface area contributed by atoms with E-state index in [9.17, 15) is 4.79 Å². The number of amides is 1. The molecule has 7 heteroatoms. The first-order chi connectivity index (χ1) is 16.1. The molecule has 0 unspecified atom stereocenters. The van der Waals surface area contributed by atoms with Gasteiger partial charge in [0.2, 0.25) is 5.91 Å². The highest BCUT2D eigenvalue weighted by atomic mass is 16.1. The van der Waals surface area contributed by atoms with E-state index in [2.05, 4.69) is 52.5 Å². The topological polar surface area (TPSA) is 75.4 Å². The number of aromatic nitrogens is 4. The lowest BCUT2D eigenvalue weighted by Crippen LogP contribution is -2.40. The van der Waals surface area contributed by atoms with E-state index < -0.39 is 0 Å². The number of hydrogen-bond donors (Lipinski definition) is 1. The molecule has 1 aliphatic heterocycles. The van der Waals surface area contributed by atoms with Crippen molar-refractivity contribution in [2.45, 2.75) is 33.2 Å². The average molecular weight is 441 g/mol. The fourth-order valence-electron chi connectivity index (χ4n) is 4.47. The Balaban J connectivity index is 1.25. The molecule has 7 nitrogen and oxygen atoms in total. The fourth-order valence-corrected chi connectivity index (χ4v) is 4.47. The van der Waals surface area contributed by atoms with Crippen LogP contribution in [0.2, 0.25) is 0 Å². The molecule has 0 spiro atoms. The Morgan fingerprint density at radius 3 is 2.61 bits per heavy atom. The van der Waals surface area contributed by atoms with Crippen molar-refractivity contribution >= 4 is 17.4 Å². The van der Waals surface area contributed by atoms with Gasteiger partial charge >= 0.3 is 0 Å². The van der Waals surface area contributed by atoms with Crippen LogP contribution in [-0.4, -0.2) is 38.8 Å². The second-order valence-corrected chi connectivity index (χ2v) is 8.77. The van der Waals surface area contributed by atoms with E-state index in [1.54, 1.807) is 0 Å². The highest BCUT2D eigenvalue weighted by Gasteiger charge is 2.26. The normalized spacial score (nSPS) is 14.5. The number of benzene rings is 2. The zero-order valence-electron chi connectivity index (χ0n) is 19.0. The Labute approximate surface area is 193 Å². The third-order valence-corrected chi connectivity index (χ3v) is 6.37. The minimum atomic E-state index is 0.0345. The Kier molecular flexibility index (Phi) is 5.77. The van der Waals surface area contributed by atoms with Crippen molar-refractivity contribution < 1.29 is 4.79 Å². The maximum Gasteiger partial charge on any atom is 0.223 e. The number of rotatable bonds is 5. The van der Waals surface area contributed by atoms with E-state index in [4.69, 9.17) is 5.10 Å². The number of carbonyl (C=O) groups excluding carboxylic acids is 1. The van der Waals surface area contributed by atoms with Crippen molar-refractivity contribution in [2.75, 3.05) is 18.0 Å². The number of nitrogens with zero attached hydrogens (tertiary/aromatic N) is 5. The van der Waals surface area contributed by atoms with E-state index in [-0.39, 0.29) is 11.8 Å². The van der Waals surface area contributed by atoms with Gasteiger partial charge in [-0.05, 0) is 49.9 Å². The van der Waals surface area contributed by atoms with Gasteiger partial charge in [0.25, 0.3) is 0 Å². The number of piperidine rings is 1. The Hall–Kier alpha value is -3.74. The summed E-state index contributed by atoms with van der Waals surface area (Å²) in [7, 11) is 0. The summed E-state index contributed by atoms with van der Waals surface area (Å²) in [5.74, 6) is 1.80. The Morgan fingerprint density at radius 2 is 1.82 bits per heavy atom. The third-order valence-electron chi connectivity index (χ3n) is 6.37. The van der Waals surface area contributed by atoms with Gasteiger partial charge in [-0.1, -0.05) is 54.1 Å². The minimum absolute atomic E-state index is 0.0345. The summed E-state index contributed by atoms with van der Waals surface area (Å²) >= 11 is 0. The monoisotopic (exact) mass is 440 g/mol. The molecule has 5 rings (SSSR count). The molecule has 1 saturated heterocycles. The number of fused-ring (bicyclic) bond motifs is 1. The van der Waals surface area contributed by atoms with Crippen LogP contribution in [0.5, 0.6) is 0 Å². The van der Waals surface area contributed by atoms with Crippen molar-refractivity contribution in [3.8, 4) is 11.4 Å². The van der Waals surface area contributed by atoms with Crippen LogP contribution in [0.25, 0.3) is 17.0 Å². The zero-order chi connectivity index (χ0) is 22.8. The van der Waals surface area contributed by atoms with Crippen LogP contribution in [0.3, 0.4) is 0 Å². The second-order valence-electron chi connectivity index (χ2n) is 8.77. The van der Waals surface area contributed by atoms with Gasteiger partial charge in [0, 0.05) is 31.1 Å². The van der Waals surface area contributed by atoms with Crippen LogP contribution in [-0.2, 0) is 11.3 Å². The van der Waals surface area contributed by atoms with Crippen LogP contribution in [0.1, 0.15) is 29.5 Å². The molecular formula is C26H28N6O. The molecule has 2 aromatic heterocycles. The minimum Gasteiger partial charge on any atom is -0.355 e.